The summed E-state index contributed by atoms with van der Waals surface area (Å²) >= 11 is 0. The van der Waals surface area contributed by atoms with E-state index in [1.165, 1.54) is 6.07 Å². The van der Waals surface area contributed by atoms with Gasteiger partial charge in [-0.15, -0.1) is 0 Å². The lowest BCUT2D eigenvalue weighted by Crippen LogP contribution is -2.02. The van der Waals surface area contributed by atoms with Gasteiger partial charge in [0.15, 0.2) is 0 Å². The Bertz CT molecular complexity index is 596. The van der Waals surface area contributed by atoms with Gasteiger partial charge < -0.3 is 5.32 Å². The van der Waals surface area contributed by atoms with E-state index in [4.69, 9.17) is 0 Å². The fraction of sp³-hybridized carbons (Fsp3) is 0.200. The van der Waals surface area contributed by atoms with E-state index in [-0.39, 0.29) is 5.82 Å². The van der Waals surface area contributed by atoms with Crippen molar-refractivity contribution in [1.82, 2.24) is 0 Å². The second-order valence-electron chi connectivity index (χ2n) is 4.43. The Labute approximate surface area is 115 Å². The van der Waals surface area contributed by atoms with Crippen LogP contribution in [0.1, 0.15) is 11.1 Å². The summed E-state index contributed by atoms with van der Waals surface area (Å²) in [6.07, 6.45) is 1.65. The van der Waals surface area contributed by atoms with Crippen molar-refractivity contribution in [3.63, 3.8) is 0 Å². The third-order valence-corrected chi connectivity index (χ3v) is 3.80. The normalized spacial score (nSPS) is 12.2. The summed E-state index contributed by atoms with van der Waals surface area (Å²) in [6, 6.07) is 12.5. The summed E-state index contributed by atoms with van der Waals surface area (Å²) in [5.41, 5.74) is 2.54. The van der Waals surface area contributed by atoms with E-state index in [0.29, 0.717) is 12.2 Å². The molecule has 1 atom stereocenters. The van der Waals surface area contributed by atoms with Crippen molar-refractivity contribution in [1.29, 1.82) is 0 Å². The SMILES string of the molecule is Cc1ccc(F)c(NCc2ccc([S@](C)=O)cc2)c1. The average Bonchev–Trinajstić information content (AvgIpc) is 2.40. The van der Waals surface area contributed by atoms with Crippen LogP contribution in [0.25, 0.3) is 0 Å². The first-order chi connectivity index (χ1) is 9.06. The quantitative estimate of drug-likeness (QED) is 0.927. The van der Waals surface area contributed by atoms with E-state index in [1.807, 2.05) is 31.2 Å². The van der Waals surface area contributed by atoms with Crippen LogP contribution < -0.4 is 5.32 Å². The van der Waals surface area contributed by atoms with Crippen LogP contribution in [0.5, 0.6) is 0 Å². The van der Waals surface area contributed by atoms with E-state index in [1.54, 1.807) is 18.4 Å². The number of hydrogen-bond acceptors (Lipinski definition) is 2. The van der Waals surface area contributed by atoms with E-state index in [0.717, 1.165) is 16.0 Å². The molecule has 0 saturated carbocycles. The fourth-order valence-electron chi connectivity index (χ4n) is 1.77. The number of benzene rings is 2. The van der Waals surface area contributed by atoms with Gasteiger partial charge in [-0.25, -0.2) is 4.39 Å². The zero-order valence-electron chi connectivity index (χ0n) is 10.9. The van der Waals surface area contributed by atoms with Crippen LogP contribution in [0.2, 0.25) is 0 Å². The lowest BCUT2D eigenvalue weighted by Gasteiger charge is -2.09. The van der Waals surface area contributed by atoms with Crippen molar-refractivity contribution >= 4 is 16.5 Å². The molecule has 0 bridgehead atoms. The highest BCUT2D eigenvalue weighted by atomic mass is 32.2. The predicted octanol–water partition coefficient (Wildman–Crippen LogP) is 3.48. The second kappa shape index (κ2) is 5.97. The van der Waals surface area contributed by atoms with E-state index < -0.39 is 10.8 Å². The highest BCUT2D eigenvalue weighted by molar-refractivity contribution is 7.84. The molecule has 100 valence electrons. The molecule has 0 heterocycles. The molecule has 0 aliphatic rings. The van der Waals surface area contributed by atoms with Gasteiger partial charge in [-0.2, -0.15) is 0 Å². The summed E-state index contributed by atoms with van der Waals surface area (Å²) in [5, 5.41) is 3.07. The van der Waals surface area contributed by atoms with Gasteiger partial charge in [-0.3, -0.25) is 4.21 Å². The molecule has 0 aliphatic carbocycles. The van der Waals surface area contributed by atoms with Gasteiger partial charge in [0.05, 0.1) is 5.69 Å². The summed E-state index contributed by atoms with van der Waals surface area (Å²) in [4.78, 5) is 0.797. The first-order valence-corrected chi connectivity index (χ1v) is 7.54. The summed E-state index contributed by atoms with van der Waals surface area (Å²) in [6.45, 7) is 2.47. The van der Waals surface area contributed by atoms with Crippen molar-refractivity contribution in [2.45, 2.75) is 18.4 Å². The number of anilines is 1. The van der Waals surface area contributed by atoms with Crippen LogP contribution in [0, 0.1) is 12.7 Å². The molecule has 2 aromatic carbocycles. The van der Waals surface area contributed by atoms with Crippen LogP contribution in [-0.2, 0) is 17.3 Å². The average molecular weight is 277 g/mol. The predicted molar refractivity (Wildman–Crippen MR) is 77.2 cm³/mol. The van der Waals surface area contributed by atoms with Gasteiger partial charge in [-0.1, -0.05) is 18.2 Å². The topological polar surface area (TPSA) is 29.1 Å². The zero-order chi connectivity index (χ0) is 13.8. The van der Waals surface area contributed by atoms with Gasteiger partial charge in [0, 0.05) is 28.5 Å². The van der Waals surface area contributed by atoms with Gasteiger partial charge in [0.1, 0.15) is 5.82 Å². The molecule has 2 rings (SSSR count). The maximum absolute atomic E-state index is 13.5. The Kier molecular flexibility index (Phi) is 4.32. The Morgan fingerprint density at radius 2 is 1.84 bits per heavy atom. The Morgan fingerprint density at radius 3 is 2.47 bits per heavy atom. The standard InChI is InChI=1S/C15H16FNOS/c1-11-3-8-14(16)15(9-11)17-10-12-4-6-13(7-5-12)19(2)18/h3-9,17H,10H2,1-2H3/t19-/m0/s1. The molecule has 0 saturated heterocycles. The van der Waals surface area contributed by atoms with Crippen LogP contribution >= 0.6 is 0 Å². The molecule has 2 aromatic rings. The third kappa shape index (κ3) is 3.64. The minimum atomic E-state index is -0.964. The van der Waals surface area contributed by atoms with Crippen LogP contribution in [0.4, 0.5) is 10.1 Å². The molecule has 1 N–H and O–H groups in total. The summed E-state index contributed by atoms with van der Waals surface area (Å²) in [5.74, 6) is -0.253. The molecule has 0 fully saturated rings. The molecule has 4 heteroatoms. The first-order valence-electron chi connectivity index (χ1n) is 5.98. The lowest BCUT2D eigenvalue weighted by atomic mass is 10.2. The Hall–Kier alpha value is -1.68. The maximum Gasteiger partial charge on any atom is 0.146 e. The molecule has 19 heavy (non-hydrogen) atoms. The molecular weight excluding hydrogens is 261 g/mol. The minimum absolute atomic E-state index is 0.253. The van der Waals surface area contributed by atoms with Crippen molar-refractivity contribution in [2.24, 2.45) is 0 Å². The van der Waals surface area contributed by atoms with Crippen molar-refractivity contribution in [3.05, 3.63) is 59.4 Å². The third-order valence-electron chi connectivity index (χ3n) is 2.86. The van der Waals surface area contributed by atoms with Crippen molar-refractivity contribution in [3.8, 4) is 0 Å². The second-order valence-corrected chi connectivity index (χ2v) is 5.81. The van der Waals surface area contributed by atoms with Gasteiger partial charge >= 0.3 is 0 Å². The van der Waals surface area contributed by atoms with Crippen LogP contribution in [0.15, 0.2) is 47.4 Å². The fourth-order valence-corrected chi connectivity index (χ4v) is 2.29. The molecule has 0 amide bonds. The molecular formula is C15H16FNOS. The van der Waals surface area contributed by atoms with Gasteiger partial charge in [0.25, 0.3) is 0 Å². The zero-order valence-corrected chi connectivity index (χ0v) is 11.8. The smallest absolute Gasteiger partial charge is 0.146 e. The van der Waals surface area contributed by atoms with E-state index >= 15 is 0 Å². The molecule has 0 unspecified atom stereocenters. The van der Waals surface area contributed by atoms with Gasteiger partial charge in [0.2, 0.25) is 0 Å². The number of hydrogen-bond donors (Lipinski definition) is 1. The molecule has 0 aromatic heterocycles. The highest BCUT2D eigenvalue weighted by Gasteiger charge is 2.02. The lowest BCUT2D eigenvalue weighted by molar-refractivity contribution is 0.629. The van der Waals surface area contributed by atoms with E-state index in [2.05, 4.69) is 5.32 Å². The summed E-state index contributed by atoms with van der Waals surface area (Å²) in [7, 11) is -0.964. The minimum Gasteiger partial charge on any atom is -0.379 e. The number of halogens is 1. The summed E-state index contributed by atoms with van der Waals surface area (Å²) < 4.78 is 24.8. The first kappa shape index (κ1) is 13.7. The van der Waals surface area contributed by atoms with Gasteiger partial charge in [-0.05, 0) is 42.3 Å². The largest absolute Gasteiger partial charge is 0.379 e. The number of rotatable bonds is 4. The van der Waals surface area contributed by atoms with Crippen LogP contribution in [0.3, 0.4) is 0 Å². The Balaban J connectivity index is 2.06. The number of nitrogens with one attached hydrogen (secondary N) is 1. The molecule has 2 nitrogen and oxygen atoms in total. The van der Waals surface area contributed by atoms with Crippen LogP contribution in [-0.4, -0.2) is 10.5 Å². The molecule has 0 spiro atoms. The highest BCUT2D eigenvalue weighted by Crippen LogP contribution is 2.17. The van der Waals surface area contributed by atoms with Crippen molar-refractivity contribution in [2.75, 3.05) is 11.6 Å². The maximum atomic E-state index is 13.5. The molecule has 0 aliphatic heterocycles. The number of aryl methyl sites for hydroxylation is 1. The monoisotopic (exact) mass is 277 g/mol. The van der Waals surface area contributed by atoms with Crippen molar-refractivity contribution < 1.29 is 8.60 Å². The van der Waals surface area contributed by atoms with E-state index in [9.17, 15) is 8.60 Å². The Morgan fingerprint density at radius 1 is 1.16 bits per heavy atom. The molecule has 0 radical (unpaired) electrons.